The monoisotopic (exact) mass is 437 g/mol. The number of nitrogens with one attached hydrogen (secondary N) is 2. The van der Waals surface area contributed by atoms with Crippen LogP contribution in [0.5, 0.6) is 0 Å². The minimum absolute atomic E-state index is 0.160. The summed E-state index contributed by atoms with van der Waals surface area (Å²) >= 11 is 0. The van der Waals surface area contributed by atoms with Crippen LogP contribution in [0.3, 0.4) is 0 Å². The van der Waals surface area contributed by atoms with E-state index in [-0.39, 0.29) is 17.6 Å². The largest absolute Gasteiger partial charge is 0.378 e. The lowest BCUT2D eigenvalue weighted by Crippen LogP contribution is -2.50. The highest BCUT2D eigenvalue weighted by Crippen LogP contribution is 2.29. The third kappa shape index (κ3) is 3.98. The van der Waals surface area contributed by atoms with Gasteiger partial charge in [-0.3, -0.25) is 4.79 Å². The molecule has 10 nitrogen and oxygen atoms in total. The van der Waals surface area contributed by atoms with Crippen LogP contribution >= 0.6 is 0 Å². The van der Waals surface area contributed by atoms with Gasteiger partial charge in [-0.15, -0.1) is 0 Å². The highest BCUT2D eigenvalue weighted by atomic mass is 16.5. The van der Waals surface area contributed by atoms with E-state index in [1.54, 1.807) is 6.20 Å². The summed E-state index contributed by atoms with van der Waals surface area (Å²) in [6, 6.07) is 6.10. The Morgan fingerprint density at radius 3 is 2.56 bits per heavy atom. The molecule has 2 fully saturated rings. The summed E-state index contributed by atoms with van der Waals surface area (Å²) in [5.41, 5.74) is 1.10. The fraction of sp³-hybridized carbons (Fsp3) is 0.455. The van der Waals surface area contributed by atoms with Gasteiger partial charge in [0.1, 0.15) is 22.8 Å². The van der Waals surface area contributed by atoms with Gasteiger partial charge in [-0.25, -0.2) is 15.0 Å². The van der Waals surface area contributed by atoms with Crippen LogP contribution in [0.2, 0.25) is 0 Å². The first-order valence-corrected chi connectivity index (χ1v) is 10.9. The van der Waals surface area contributed by atoms with Crippen LogP contribution in [0.1, 0.15) is 13.8 Å². The van der Waals surface area contributed by atoms with Gasteiger partial charge >= 0.3 is 0 Å². The Kier molecular flexibility index (Phi) is 5.62. The third-order valence-corrected chi connectivity index (χ3v) is 5.89. The van der Waals surface area contributed by atoms with Crippen LogP contribution < -0.4 is 20.7 Å². The molecule has 0 spiro atoms. The summed E-state index contributed by atoms with van der Waals surface area (Å²) in [6.07, 6.45) is 3.18. The lowest BCUT2D eigenvalue weighted by Gasteiger charge is -2.39. The molecule has 0 aliphatic carbocycles. The zero-order chi connectivity index (χ0) is 22.1. The molecule has 2 atom stereocenters. The number of anilines is 4. The third-order valence-electron chi connectivity index (χ3n) is 5.89. The number of morpholine rings is 2. The SMILES string of the molecule is CC1COCC(C)N1c1cc2nc[nH]c(=O)c2c(Nc2ccc(N3CCOCC3)nc2)n1. The van der Waals surface area contributed by atoms with Crippen LogP contribution in [0, 0.1) is 0 Å². The molecule has 2 N–H and O–H groups in total. The molecule has 2 aliphatic rings. The van der Waals surface area contributed by atoms with E-state index in [9.17, 15) is 4.79 Å². The van der Waals surface area contributed by atoms with E-state index in [0.29, 0.717) is 43.1 Å². The quantitative estimate of drug-likeness (QED) is 0.633. The second-order valence-corrected chi connectivity index (χ2v) is 8.23. The number of pyridine rings is 2. The minimum Gasteiger partial charge on any atom is -0.378 e. The van der Waals surface area contributed by atoms with Crippen LogP contribution in [0.25, 0.3) is 10.9 Å². The molecule has 168 valence electrons. The maximum atomic E-state index is 12.6. The molecule has 5 heterocycles. The van der Waals surface area contributed by atoms with Crippen molar-refractivity contribution in [1.82, 2.24) is 19.9 Å². The fourth-order valence-corrected chi connectivity index (χ4v) is 4.33. The maximum Gasteiger partial charge on any atom is 0.262 e. The van der Waals surface area contributed by atoms with Gasteiger partial charge in [0, 0.05) is 19.2 Å². The van der Waals surface area contributed by atoms with Crippen molar-refractivity contribution in [3.8, 4) is 0 Å². The summed E-state index contributed by atoms with van der Waals surface area (Å²) < 4.78 is 11.1. The first-order chi connectivity index (χ1) is 15.6. The maximum absolute atomic E-state index is 12.6. The van der Waals surface area contributed by atoms with Crippen molar-refractivity contribution < 1.29 is 9.47 Å². The van der Waals surface area contributed by atoms with Gasteiger partial charge < -0.3 is 29.6 Å². The smallest absolute Gasteiger partial charge is 0.262 e. The summed E-state index contributed by atoms with van der Waals surface area (Å²) in [7, 11) is 0. The van der Waals surface area contributed by atoms with Crippen molar-refractivity contribution in [3.05, 3.63) is 41.1 Å². The van der Waals surface area contributed by atoms with Crippen LogP contribution in [0.4, 0.5) is 23.1 Å². The predicted molar refractivity (Wildman–Crippen MR) is 123 cm³/mol. The molecule has 0 amide bonds. The normalized spacial score (nSPS) is 21.7. The van der Waals surface area contributed by atoms with Gasteiger partial charge in [0.15, 0.2) is 0 Å². The molecule has 10 heteroatoms. The summed E-state index contributed by atoms with van der Waals surface area (Å²) in [4.78, 5) is 33.5. The van der Waals surface area contributed by atoms with E-state index >= 15 is 0 Å². The van der Waals surface area contributed by atoms with Gasteiger partial charge in [-0.05, 0) is 26.0 Å². The zero-order valence-electron chi connectivity index (χ0n) is 18.2. The standard InChI is InChI=1S/C22H27N7O3/c1-14-11-32-12-15(2)29(14)19-9-17-20(22(30)25-13-24-17)21(27-19)26-16-3-4-18(23-10-16)28-5-7-31-8-6-28/h3-4,9-10,13-15H,5-8,11-12H2,1-2H3,(H,26,27)(H,24,25,30). The van der Waals surface area contributed by atoms with Crippen molar-refractivity contribution >= 4 is 34.0 Å². The number of aromatic nitrogens is 4. The predicted octanol–water partition coefficient (Wildman–Crippen LogP) is 1.91. The Morgan fingerprint density at radius 2 is 1.84 bits per heavy atom. The number of nitrogens with zero attached hydrogens (tertiary/aromatic N) is 5. The fourth-order valence-electron chi connectivity index (χ4n) is 4.33. The number of ether oxygens (including phenoxy) is 2. The Balaban J connectivity index is 1.50. The molecular formula is C22H27N7O3. The van der Waals surface area contributed by atoms with Crippen molar-refractivity contribution in [2.75, 3.05) is 54.6 Å². The number of hydrogen-bond donors (Lipinski definition) is 2. The summed E-state index contributed by atoms with van der Waals surface area (Å²) in [5.74, 6) is 2.12. The lowest BCUT2D eigenvalue weighted by molar-refractivity contribution is 0.0752. The molecule has 3 aromatic rings. The van der Waals surface area contributed by atoms with Crippen LogP contribution in [-0.2, 0) is 9.47 Å². The van der Waals surface area contributed by atoms with Crippen molar-refractivity contribution in [2.45, 2.75) is 25.9 Å². The molecule has 32 heavy (non-hydrogen) atoms. The minimum atomic E-state index is -0.238. The van der Waals surface area contributed by atoms with Gasteiger partial charge in [0.25, 0.3) is 5.56 Å². The van der Waals surface area contributed by atoms with E-state index in [2.05, 4.69) is 43.9 Å². The molecule has 2 aliphatic heterocycles. The number of H-pyrrole nitrogens is 1. The number of aromatic amines is 1. The molecule has 0 saturated carbocycles. The Labute approximate surface area is 185 Å². The molecule has 3 aromatic heterocycles. The number of fused-ring (bicyclic) bond motifs is 1. The van der Waals surface area contributed by atoms with Gasteiger partial charge in [0.05, 0.1) is 62.2 Å². The summed E-state index contributed by atoms with van der Waals surface area (Å²) in [5, 5.41) is 3.71. The van der Waals surface area contributed by atoms with Crippen molar-refractivity contribution in [2.24, 2.45) is 0 Å². The van der Waals surface area contributed by atoms with E-state index < -0.39 is 0 Å². The molecule has 0 radical (unpaired) electrons. The van der Waals surface area contributed by atoms with Gasteiger partial charge in [-0.1, -0.05) is 0 Å². The first kappa shape index (κ1) is 20.7. The number of rotatable bonds is 4. The zero-order valence-corrected chi connectivity index (χ0v) is 18.2. The van der Waals surface area contributed by atoms with Crippen molar-refractivity contribution in [3.63, 3.8) is 0 Å². The Hall–Kier alpha value is -3.24. The topological polar surface area (TPSA) is 108 Å². The molecule has 2 unspecified atom stereocenters. The first-order valence-electron chi connectivity index (χ1n) is 10.9. The molecule has 2 saturated heterocycles. The average molecular weight is 438 g/mol. The number of hydrogen-bond acceptors (Lipinski definition) is 9. The van der Waals surface area contributed by atoms with Crippen molar-refractivity contribution in [1.29, 1.82) is 0 Å². The molecular weight excluding hydrogens is 410 g/mol. The molecule has 0 aromatic carbocycles. The highest BCUT2D eigenvalue weighted by Gasteiger charge is 2.28. The average Bonchev–Trinajstić information content (AvgIpc) is 2.80. The second-order valence-electron chi connectivity index (χ2n) is 8.23. The lowest BCUT2D eigenvalue weighted by atomic mass is 10.1. The second kappa shape index (κ2) is 8.71. The Morgan fingerprint density at radius 1 is 1.06 bits per heavy atom. The Bertz CT molecular complexity index is 1130. The van der Waals surface area contributed by atoms with Crippen LogP contribution in [0.15, 0.2) is 35.5 Å². The van der Waals surface area contributed by atoms with Gasteiger partial charge in [-0.2, -0.15) is 0 Å². The van der Waals surface area contributed by atoms with E-state index in [1.807, 2.05) is 18.2 Å². The molecule has 0 bridgehead atoms. The van der Waals surface area contributed by atoms with E-state index in [4.69, 9.17) is 14.5 Å². The van der Waals surface area contributed by atoms with Gasteiger partial charge in [0.2, 0.25) is 0 Å². The highest BCUT2D eigenvalue weighted by molar-refractivity contribution is 5.92. The van der Waals surface area contributed by atoms with Crippen LogP contribution in [-0.4, -0.2) is 71.5 Å². The van der Waals surface area contributed by atoms with E-state index in [1.165, 1.54) is 6.33 Å². The van der Waals surface area contributed by atoms with E-state index in [0.717, 1.165) is 30.4 Å². The summed E-state index contributed by atoms with van der Waals surface area (Å²) in [6.45, 7) is 8.53. The molecule has 5 rings (SSSR count).